The molecule has 2 aromatic rings. The summed E-state index contributed by atoms with van der Waals surface area (Å²) in [4.78, 5) is 28.4. The van der Waals surface area contributed by atoms with Gasteiger partial charge in [-0.1, -0.05) is 13.0 Å². The Kier molecular flexibility index (Phi) is 8.87. The number of allylic oxidation sites excluding steroid dienone is 3. The van der Waals surface area contributed by atoms with Crippen molar-refractivity contribution in [2.24, 2.45) is 0 Å². The summed E-state index contributed by atoms with van der Waals surface area (Å²) in [7, 11) is 4.64. The number of hydrogen-bond donors (Lipinski definition) is 1. The molecular weight excluding hydrogens is 510 g/mol. The number of ketones is 1. The van der Waals surface area contributed by atoms with E-state index in [2.05, 4.69) is 18.3 Å². The third-order valence-electron chi connectivity index (χ3n) is 6.68. The molecule has 37 heavy (non-hydrogen) atoms. The molecule has 198 valence electrons. The molecule has 1 N–H and O–H groups in total. The third-order valence-corrected chi connectivity index (χ3v) is 8.58. The Morgan fingerprint density at radius 2 is 1.86 bits per heavy atom. The average Bonchev–Trinajstić information content (AvgIpc) is 3.44. The molecule has 0 saturated carbocycles. The molecule has 9 heteroatoms. The number of rotatable bonds is 10. The first-order valence-corrected chi connectivity index (χ1v) is 14.3. The van der Waals surface area contributed by atoms with Crippen LogP contribution in [0.2, 0.25) is 0 Å². The quantitative estimate of drug-likeness (QED) is 0.314. The van der Waals surface area contributed by atoms with E-state index >= 15 is 0 Å². The van der Waals surface area contributed by atoms with Crippen LogP contribution in [-0.4, -0.2) is 51.2 Å². The van der Waals surface area contributed by atoms with Crippen LogP contribution in [0.1, 0.15) is 49.0 Å². The molecule has 0 saturated heterocycles. The highest BCUT2D eigenvalue weighted by atomic mass is 32.2. The van der Waals surface area contributed by atoms with E-state index in [1.807, 2.05) is 30.5 Å². The van der Waals surface area contributed by atoms with E-state index in [1.165, 1.54) is 4.88 Å². The molecule has 2 atom stereocenters. The fraction of sp³-hybridized carbons (Fsp3) is 0.429. The molecule has 1 aromatic heterocycles. The summed E-state index contributed by atoms with van der Waals surface area (Å²) in [5, 5.41) is 5.44. The molecule has 1 aromatic carbocycles. The lowest BCUT2D eigenvalue weighted by Gasteiger charge is -2.36. The molecule has 0 fully saturated rings. The van der Waals surface area contributed by atoms with Gasteiger partial charge in [0.2, 0.25) is 5.75 Å². The van der Waals surface area contributed by atoms with Crippen molar-refractivity contribution >= 4 is 34.9 Å². The maximum atomic E-state index is 13.8. The summed E-state index contributed by atoms with van der Waals surface area (Å²) in [6.45, 7) is 4.23. The number of benzene rings is 1. The van der Waals surface area contributed by atoms with Crippen molar-refractivity contribution in [3.8, 4) is 17.2 Å². The average molecular weight is 544 g/mol. The molecule has 2 heterocycles. The number of thioether (sulfide) groups is 1. The molecular formula is C28H33NO6S2. The highest BCUT2D eigenvalue weighted by Gasteiger charge is 2.42. The Balaban J connectivity index is 1.82. The van der Waals surface area contributed by atoms with Crippen molar-refractivity contribution in [2.45, 2.75) is 38.5 Å². The molecule has 1 aliphatic heterocycles. The summed E-state index contributed by atoms with van der Waals surface area (Å²) in [6, 6.07) is 7.72. The van der Waals surface area contributed by atoms with Gasteiger partial charge in [0.25, 0.3) is 0 Å². The van der Waals surface area contributed by atoms with E-state index in [-0.39, 0.29) is 11.7 Å². The van der Waals surface area contributed by atoms with Crippen molar-refractivity contribution < 1.29 is 28.5 Å². The third kappa shape index (κ3) is 5.52. The second-order valence-electron chi connectivity index (χ2n) is 8.82. The van der Waals surface area contributed by atoms with Gasteiger partial charge >= 0.3 is 5.97 Å². The van der Waals surface area contributed by atoms with E-state index in [4.69, 9.17) is 18.9 Å². The first kappa shape index (κ1) is 27.1. The Bertz CT molecular complexity index is 1190. The Morgan fingerprint density at radius 3 is 2.46 bits per heavy atom. The van der Waals surface area contributed by atoms with Crippen molar-refractivity contribution in [2.75, 3.05) is 39.4 Å². The molecule has 2 aliphatic rings. The van der Waals surface area contributed by atoms with Gasteiger partial charge in [0.15, 0.2) is 17.3 Å². The number of thiophene rings is 1. The van der Waals surface area contributed by atoms with Gasteiger partial charge in [-0.25, -0.2) is 4.79 Å². The molecule has 0 unspecified atom stereocenters. The van der Waals surface area contributed by atoms with Gasteiger partial charge in [0, 0.05) is 45.9 Å². The van der Waals surface area contributed by atoms with E-state index in [1.54, 1.807) is 44.4 Å². The molecule has 0 amide bonds. The standard InChI is InChI=1S/C28H33NO6S2/c1-6-36-11-9-35-28(31)24-16(2)29-19-12-17(23-8-7-10-37-23)13-20(30)26(19)25(24)18-14-21(32-3)27(34-5)22(15-18)33-4/h7-8,10,14-15,17,25,29H,6,9,11-13H2,1-5H3/t17-,25-/m1/s1. The molecule has 0 bridgehead atoms. The van der Waals surface area contributed by atoms with Gasteiger partial charge < -0.3 is 24.3 Å². The fourth-order valence-corrected chi connectivity index (χ4v) is 6.37. The fourth-order valence-electron chi connectivity index (χ4n) is 5.05. The van der Waals surface area contributed by atoms with Crippen LogP contribution in [0.25, 0.3) is 0 Å². The molecule has 0 radical (unpaired) electrons. The van der Waals surface area contributed by atoms with Crippen LogP contribution in [0.4, 0.5) is 0 Å². The number of nitrogens with one attached hydrogen (secondary N) is 1. The zero-order chi connectivity index (χ0) is 26.5. The molecule has 4 rings (SSSR count). The summed E-state index contributed by atoms with van der Waals surface area (Å²) in [5.41, 5.74) is 3.27. The lowest BCUT2D eigenvalue weighted by atomic mass is 9.72. The minimum Gasteiger partial charge on any atom is -0.493 e. The Labute approximate surface area is 226 Å². The van der Waals surface area contributed by atoms with Gasteiger partial charge in [-0.05, 0) is 48.2 Å². The monoisotopic (exact) mass is 543 g/mol. The number of dihydropyridines is 1. The van der Waals surface area contributed by atoms with Gasteiger partial charge in [-0.3, -0.25) is 4.79 Å². The van der Waals surface area contributed by atoms with Crippen LogP contribution in [0.3, 0.4) is 0 Å². The highest BCUT2D eigenvalue weighted by molar-refractivity contribution is 7.99. The predicted octanol–water partition coefficient (Wildman–Crippen LogP) is 5.43. The second kappa shape index (κ2) is 12.1. The van der Waals surface area contributed by atoms with Crippen LogP contribution in [0.5, 0.6) is 17.2 Å². The summed E-state index contributed by atoms with van der Waals surface area (Å²) in [5.74, 6) is 2.11. The summed E-state index contributed by atoms with van der Waals surface area (Å²) in [6.07, 6.45) is 1.08. The Morgan fingerprint density at radius 1 is 1.14 bits per heavy atom. The van der Waals surface area contributed by atoms with E-state index < -0.39 is 11.9 Å². The van der Waals surface area contributed by atoms with Crippen LogP contribution >= 0.6 is 23.1 Å². The minimum absolute atomic E-state index is 0.0187. The van der Waals surface area contributed by atoms with Gasteiger partial charge in [0.1, 0.15) is 6.61 Å². The second-order valence-corrected chi connectivity index (χ2v) is 11.2. The van der Waals surface area contributed by atoms with E-state index in [0.29, 0.717) is 64.9 Å². The SMILES string of the molecule is CCSCCOC(=O)C1=C(C)NC2=C(C(=O)C[C@H](c3cccs3)C2)[C@@H]1c1cc(OC)c(OC)c(OC)c1. The maximum absolute atomic E-state index is 13.8. The van der Waals surface area contributed by atoms with Gasteiger partial charge in [-0.15, -0.1) is 11.3 Å². The normalized spacial score (nSPS) is 19.3. The van der Waals surface area contributed by atoms with Crippen LogP contribution in [0, 0.1) is 0 Å². The lowest BCUT2D eigenvalue weighted by Crippen LogP contribution is -2.36. The van der Waals surface area contributed by atoms with Crippen molar-refractivity contribution in [3.05, 3.63) is 62.6 Å². The van der Waals surface area contributed by atoms with E-state index in [0.717, 1.165) is 11.4 Å². The number of hydrogen-bond acceptors (Lipinski definition) is 9. The van der Waals surface area contributed by atoms with Crippen LogP contribution < -0.4 is 19.5 Å². The molecule has 1 aliphatic carbocycles. The smallest absolute Gasteiger partial charge is 0.336 e. The van der Waals surface area contributed by atoms with Crippen molar-refractivity contribution in [3.63, 3.8) is 0 Å². The predicted molar refractivity (Wildman–Crippen MR) is 147 cm³/mol. The molecule has 7 nitrogen and oxygen atoms in total. The number of Topliss-reactive ketones (excluding diaryl/α,β-unsaturated/α-hetero) is 1. The number of carbonyl (C=O) groups excluding carboxylic acids is 2. The zero-order valence-corrected chi connectivity index (χ0v) is 23.5. The largest absolute Gasteiger partial charge is 0.493 e. The van der Waals surface area contributed by atoms with Crippen LogP contribution in [0.15, 0.2) is 52.2 Å². The highest BCUT2D eigenvalue weighted by Crippen LogP contribution is 2.49. The number of carbonyl (C=O) groups is 2. The van der Waals surface area contributed by atoms with E-state index in [9.17, 15) is 9.59 Å². The lowest BCUT2D eigenvalue weighted by molar-refractivity contribution is -0.138. The minimum atomic E-state index is -0.618. The zero-order valence-electron chi connectivity index (χ0n) is 21.8. The summed E-state index contributed by atoms with van der Waals surface area (Å²) < 4.78 is 22.4. The molecule has 0 spiro atoms. The topological polar surface area (TPSA) is 83.1 Å². The first-order valence-electron chi connectivity index (χ1n) is 12.3. The van der Waals surface area contributed by atoms with Crippen LogP contribution in [-0.2, 0) is 14.3 Å². The number of ether oxygens (including phenoxy) is 4. The van der Waals surface area contributed by atoms with Gasteiger partial charge in [-0.2, -0.15) is 11.8 Å². The Hall–Kier alpha value is -2.91. The van der Waals surface area contributed by atoms with Crippen molar-refractivity contribution in [1.29, 1.82) is 0 Å². The first-order chi connectivity index (χ1) is 17.9. The van der Waals surface area contributed by atoms with Gasteiger partial charge in [0.05, 0.1) is 26.9 Å². The number of esters is 1. The summed E-state index contributed by atoms with van der Waals surface area (Å²) >= 11 is 3.37. The maximum Gasteiger partial charge on any atom is 0.336 e. The van der Waals surface area contributed by atoms with Crippen molar-refractivity contribution in [1.82, 2.24) is 5.32 Å². The number of methoxy groups -OCH3 is 3.